The average Bonchev–Trinajstić information content (AvgIpc) is 2.34. The summed E-state index contributed by atoms with van der Waals surface area (Å²) in [4.78, 5) is 0. The molecular formula is C13H11F3N2. The largest absolute Gasteiger partial charge is 0.397 e. The van der Waals surface area contributed by atoms with Gasteiger partial charge in [-0.1, -0.05) is 0 Å². The van der Waals surface area contributed by atoms with Gasteiger partial charge in [0.1, 0.15) is 17.5 Å². The van der Waals surface area contributed by atoms with E-state index >= 15 is 0 Å². The number of benzene rings is 2. The van der Waals surface area contributed by atoms with Gasteiger partial charge in [0.05, 0.1) is 11.4 Å². The van der Waals surface area contributed by atoms with Crippen LogP contribution >= 0.6 is 0 Å². The maximum atomic E-state index is 13.3. The van der Waals surface area contributed by atoms with Gasteiger partial charge in [0.15, 0.2) is 0 Å². The van der Waals surface area contributed by atoms with Crippen molar-refractivity contribution in [2.45, 2.75) is 6.54 Å². The van der Waals surface area contributed by atoms with Crippen LogP contribution in [0.2, 0.25) is 0 Å². The van der Waals surface area contributed by atoms with E-state index in [2.05, 4.69) is 5.32 Å². The second kappa shape index (κ2) is 5.00. The zero-order valence-electron chi connectivity index (χ0n) is 9.38. The van der Waals surface area contributed by atoms with E-state index in [9.17, 15) is 13.2 Å². The van der Waals surface area contributed by atoms with Crippen LogP contribution in [0.1, 0.15) is 5.56 Å². The molecule has 3 N–H and O–H groups in total. The molecule has 0 heterocycles. The molecule has 0 radical (unpaired) electrons. The van der Waals surface area contributed by atoms with Gasteiger partial charge in [-0.15, -0.1) is 0 Å². The van der Waals surface area contributed by atoms with Crippen molar-refractivity contribution in [1.29, 1.82) is 0 Å². The van der Waals surface area contributed by atoms with Gasteiger partial charge in [-0.25, -0.2) is 13.2 Å². The molecule has 0 fully saturated rings. The molecule has 0 aliphatic carbocycles. The summed E-state index contributed by atoms with van der Waals surface area (Å²) in [7, 11) is 0. The Kier molecular flexibility index (Phi) is 3.41. The Morgan fingerprint density at radius 2 is 1.61 bits per heavy atom. The molecule has 0 saturated carbocycles. The Bertz CT molecular complexity index is 519. The lowest BCUT2D eigenvalue weighted by molar-refractivity contribution is 0.587. The summed E-state index contributed by atoms with van der Waals surface area (Å²) in [6, 6.07) is 6.99. The van der Waals surface area contributed by atoms with E-state index < -0.39 is 17.5 Å². The van der Waals surface area contributed by atoms with Crippen LogP contribution in [0.3, 0.4) is 0 Å². The first-order valence-corrected chi connectivity index (χ1v) is 5.29. The predicted molar refractivity (Wildman–Crippen MR) is 64.5 cm³/mol. The lowest BCUT2D eigenvalue weighted by Crippen LogP contribution is -2.05. The summed E-state index contributed by atoms with van der Waals surface area (Å²) in [5.74, 6) is -1.51. The van der Waals surface area contributed by atoms with Crippen LogP contribution in [0.5, 0.6) is 0 Å². The van der Waals surface area contributed by atoms with Crippen molar-refractivity contribution in [2.75, 3.05) is 11.1 Å². The first kappa shape index (κ1) is 12.3. The van der Waals surface area contributed by atoms with Crippen LogP contribution in [0.15, 0.2) is 36.4 Å². The minimum atomic E-state index is -0.529. The standard InChI is InChI=1S/C13H11F3N2/c14-9-1-3-11(16)8(5-9)7-18-13-6-10(15)2-4-12(13)17/h1-6,18H,7,17H2. The van der Waals surface area contributed by atoms with E-state index in [1.807, 2.05) is 0 Å². The summed E-state index contributed by atoms with van der Waals surface area (Å²) < 4.78 is 39.3. The molecule has 0 aromatic heterocycles. The van der Waals surface area contributed by atoms with Crippen LogP contribution in [0.25, 0.3) is 0 Å². The number of hydrogen-bond donors (Lipinski definition) is 2. The smallest absolute Gasteiger partial charge is 0.128 e. The minimum Gasteiger partial charge on any atom is -0.397 e. The van der Waals surface area contributed by atoms with Crippen molar-refractivity contribution in [2.24, 2.45) is 0 Å². The van der Waals surface area contributed by atoms with E-state index in [-0.39, 0.29) is 12.1 Å². The number of nitrogens with two attached hydrogens (primary N) is 1. The van der Waals surface area contributed by atoms with Gasteiger partial charge in [-0.05, 0) is 36.4 Å². The van der Waals surface area contributed by atoms with Crippen molar-refractivity contribution >= 4 is 11.4 Å². The molecular weight excluding hydrogens is 241 g/mol. The van der Waals surface area contributed by atoms with Gasteiger partial charge in [0, 0.05) is 12.1 Å². The number of nitrogen functional groups attached to an aromatic ring is 1. The summed E-state index contributed by atoms with van der Waals surface area (Å²) >= 11 is 0. The molecule has 0 aliphatic rings. The van der Waals surface area contributed by atoms with Crippen molar-refractivity contribution in [3.8, 4) is 0 Å². The molecule has 94 valence electrons. The number of nitrogens with one attached hydrogen (secondary N) is 1. The maximum Gasteiger partial charge on any atom is 0.128 e. The van der Waals surface area contributed by atoms with Crippen LogP contribution in [-0.4, -0.2) is 0 Å². The SMILES string of the molecule is Nc1ccc(F)cc1NCc1cc(F)ccc1F. The third-order valence-electron chi connectivity index (χ3n) is 2.49. The minimum absolute atomic E-state index is 0.0250. The molecule has 2 rings (SSSR count). The highest BCUT2D eigenvalue weighted by Crippen LogP contribution is 2.20. The van der Waals surface area contributed by atoms with Gasteiger partial charge >= 0.3 is 0 Å². The molecule has 0 amide bonds. The fourth-order valence-corrected chi connectivity index (χ4v) is 1.55. The predicted octanol–water partition coefficient (Wildman–Crippen LogP) is 3.30. The van der Waals surface area contributed by atoms with Crippen LogP contribution < -0.4 is 11.1 Å². The monoisotopic (exact) mass is 252 g/mol. The molecule has 0 saturated heterocycles. The van der Waals surface area contributed by atoms with E-state index in [4.69, 9.17) is 5.73 Å². The Morgan fingerprint density at radius 3 is 2.39 bits per heavy atom. The first-order valence-electron chi connectivity index (χ1n) is 5.29. The Morgan fingerprint density at radius 1 is 0.944 bits per heavy atom. The normalized spacial score (nSPS) is 10.4. The highest BCUT2D eigenvalue weighted by atomic mass is 19.1. The molecule has 0 atom stereocenters. The molecule has 2 aromatic rings. The highest BCUT2D eigenvalue weighted by molar-refractivity contribution is 5.65. The zero-order valence-corrected chi connectivity index (χ0v) is 9.38. The summed E-state index contributed by atoms with van der Waals surface area (Å²) in [5, 5.41) is 2.77. The van der Waals surface area contributed by atoms with Crippen molar-refractivity contribution in [3.63, 3.8) is 0 Å². The van der Waals surface area contributed by atoms with Crippen molar-refractivity contribution < 1.29 is 13.2 Å². The topological polar surface area (TPSA) is 38.0 Å². The lowest BCUT2D eigenvalue weighted by Gasteiger charge is -2.10. The number of hydrogen-bond acceptors (Lipinski definition) is 2. The van der Waals surface area contributed by atoms with Gasteiger partial charge in [0.2, 0.25) is 0 Å². The van der Waals surface area contributed by atoms with Crippen molar-refractivity contribution in [1.82, 2.24) is 0 Å². The van der Waals surface area contributed by atoms with Crippen LogP contribution in [-0.2, 0) is 6.54 Å². The van der Waals surface area contributed by atoms with Gasteiger partial charge in [-0.2, -0.15) is 0 Å². The molecule has 0 unspecified atom stereocenters. The van der Waals surface area contributed by atoms with E-state index in [0.29, 0.717) is 11.4 Å². The third-order valence-corrected chi connectivity index (χ3v) is 2.49. The van der Waals surface area contributed by atoms with E-state index in [1.165, 1.54) is 18.2 Å². The summed E-state index contributed by atoms with van der Waals surface area (Å²) in [6.45, 7) is 0.0250. The van der Waals surface area contributed by atoms with Crippen LogP contribution in [0.4, 0.5) is 24.5 Å². The lowest BCUT2D eigenvalue weighted by atomic mass is 10.2. The highest BCUT2D eigenvalue weighted by Gasteiger charge is 2.05. The first-order chi connectivity index (χ1) is 8.56. The Hall–Kier alpha value is -2.17. The molecule has 0 aliphatic heterocycles. The summed E-state index contributed by atoms with van der Waals surface area (Å²) in [6.07, 6.45) is 0. The molecule has 2 nitrogen and oxygen atoms in total. The molecule has 2 aromatic carbocycles. The summed E-state index contributed by atoms with van der Waals surface area (Å²) in [5.41, 5.74) is 6.46. The van der Waals surface area contributed by atoms with E-state index in [0.717, 1.165) is 18.2 Å². The molecule has 0 spiro atoms. The molecule has 0 bridgehead atoms. The Labute approximate surface area is 102 Å². The second-order valence-corrected chi connectivity index (χ2v) is 3.82. The molecule has 5 heteroatoms. The number of halogens is 3. The quantitative estimate of drug-likeness (QED) is 0.822. The Balaban J connectivity index is 2.16. The van der Waals surface area contributed by atoms with Gasteiger partial charge < -0.3 is 11.1 Å². The second-order valence-electron chi connectivity index (χ2n) is 3.82. The molecule has 18 heavy (non-hydrogen) atoms. The number of rotatable bonds is 3. The fraction of sp³-hybridized carbons (Fsp3) is 0.0769. The maximum absolute atomic E-state index is 13.3. The zero-order chi connectivity index (χ0) is 13.1. The van der Waals surface area contributed by atoms with Crippen LogP contribution in [0, 0.1) is 17.5 Å². The number of anilines is 2. The van der Waals surface area contributed by atoms with Gasteiger partial charge in [-0.3, -0.25) is 0 Å². The average molecular weight is 252 g/mol. The third kappa shape index (κ3) is 2.74. The van der Waals surface area contributed by atoms with Gasteiger partial charge in [0.25, 0.3) is 0 Å². The van der Waals surface area contributed by atoms with Crippen molar-refractivity contribution in [3.05, 3.63) is 59.4 Å². The van der Waals surface area contributed by atoms with E-state index in [1.54, 1.807) is 0 Å². The fourth-order valence-electron chi connectivity index (χ4n) is 1.55.